The first-order valence-corrected chi connectivity index (χ1v) is 5.67. The van der Waals surface area contributed by atoms with Crippen LogP contribution in [0.1, 0.15) is 30.6 Å². The summed E-state index contributed by atoms with van der Waals surface area (Å²) in [4.78, 5) is 15.9. The van der Waals surface area contributed by atoms with Crippen molar-refractivity contribution in [3.05, 3.63) is 46.0 Å². The first kappa shape index (κ1) is 11.6. The molecule has 0 bridgehead atoms. The van der Waals surface area contributed by atoms with E-state index >= 15 is 0 Å². The molecule has 0 aliphatic heterocycles. The molecule has 17 heavy (non-hydrogen) atoms. The molecule has 0 fully saturated rings. The minimum absolute atomic E-state index is 0.0492. The van der Waals surface area contributed by atoms with Gasteiger partial charge in [-0.2, -0.15) is 4.98 Å². The lowest BCUT2D eigenvalue weighted by atomic mass is 10.3. The van der Waals surface area contributed by atoms with Crippen LogP contribution in [0, 0.1) is 6.92 Å². The molecule has 0 unspecified atom stereocenters. The molecule has 0 spiro atoms. The van der Waals surface area contributed by atoms with Gasteiger partial charge in [0.2, 0.25) is 5.89 Å². The molecule has 2 aromatic heterocycles. The van der Waals surface area contributed by atoms with Gasteiger partial charge in [0.05, 0.1) is 6.54 Å². The third-order valence-corrected chi connectivity index (χ3v) is 2.44. The number of nitrogens with zero attached hydrogens (tertiary/aromatic N) is 3. The highest BCUT2D eigenvalue weighted by Gasteiger charge is 2.06. The summed E-state index contributed by atoms with van der Waals surface area (Å²) < 4.78 is 6.63. The lowest BCUT2D eigenvalue weighted by Crippen LogP contribution is -2.19. The fourth-order valence-electron chi connectivity index (χ4n) is 1.56. The molecule has 0 atom stereocenters. The Kier molecular flexibility index (Phi) is 3.37. The Bertz CT molecular complexity index is 557. The summed E-state index contributed by atoms with van der Waals surface area (Å²) in [6, 6.07) is 3.47. The Labute approximate surface area is 99.1 Å². The van der Waals surface area contributed by atoms with Crippen LogP contribution in [0.4, 0.5) is 0 Å². The zero-order valence-electron chi connectivity index (χ0n) is 10.0. The minimum atomic E-state index is -0.0492. The third kappa shape index (κ3) is 2.81. The Morgan fingerprint density at radius 1 is 1.47 bits per heavy atom. The SMILES string of the molecule is CCCc1nc(Cn2ccc(C)cc2=O)no1. The van der Waals surface area contributed by atoms with Gasteiger partial charge in [0.15, 0.2) is 5.82 Å². The largest absolute Gasteiger partial charge is 0.339 e. The van der Waals surface area contributed by atoms with Crippen molar-refractivity contribution in [2.24, 2.45) is 0 Å². The Balaban J connectivity index is 2.16. The third-order valence-electron chi connectivity index (χ3n) is 2.44. The Morgan fingerprint density at radius 3 is 3.00 bits per heavy atom. The molecule has 0 saturated heterocycles. The van der Waals surface area contributed by atoms with E-state index in [9.17, 15) is 4.79 Å². The van der Waals surface area contributed by atoms with Crippen molar-refractivity contribution in [2.45, 2.75) is 33.2 Å². The lowest BCUT2D eigenvalue weighted by molar-refractivity contribution is 0.371. The molecule has 0 aliphatic rings. The van der Waals surface area contributed by atoms with E-state index in [4.69, 9.17) is 4.52 Å². The highest BCUT2D eigenvalue weighted by Crippen LogP contribution is 2.02. The summed E-state index contributed by atoms with van der Waals surface area (Å²) in [5.41, 5.74) is 0.901. The molecule has 0 aromatic carbocycles. The van der Waals surface area contributed by atoms with Crippen molar-refractivity contribution >= 4 is 0 Å². The first-order valence-electron chi connectivity index (χ1n) is 5.67. The van der Waals surface area contributed by atoms with Crippen molar-refractivity contribution in [2.75, 3.05) is 0 Å². The molecular weight excluding hydrogens is 218 g/mol. The van der Waals surface area contributed by atoms with Gasteiger partial charge < -0.3 is 9.09 Å². The summed E-state index contributed by atoms with van der Waals surface area (Å²) in [5.74, 6) is 1.17. The van der Waals surface area contributed by atoms with Crippen LogP contribution in [0.3, 0.4) is 0 Å². The highest BCUT2D eigenvalue weighted by atomic mass is 16.5. The Hall–Kier alpha value is -1.91. The number of hydrogen-bond acceptors (Lipinski definition) is 4. The quantitative estimate of drug-likeness (QED) is 0.803. The number of aromatic nitrogens is 3. The van der Waals surface area contributed by atoms with Crippen molar-refractivity contribution in [1.82, 2.24) is 14.7 Å². The van der Waals surface area contributed by atoms with Crippen LogP contribution in [0.15, 0.2) is 27.6 Å². The van der Waals surface area contributed by atoms with E-state index in [1.165, 1.54) is 0 Å². The maximum Gasteiger partial charge on any atom is 0.251 e. The summed E-state index contributed by atoms with van der Waals surface area (Å²) in [5, 5.41) is 3.85. The van der Waals surface area contributed by atoms with Crippen molar-refractivity contribution in [3.8, 4) is 0 Å². The van der Waals surface area contributed by atoms with E-state index in [0.29, 0.717) is 18.3 Å². The van der Waals surface area contributed by atoms with Gasteiger partial charge in [0.25, 0.3) is 5.56 Å². The smallest absolute Gasteiger partial charge is 0.251 e. The molecule has 5 heteroatoms. The molecule has 90 valence electrons. The molecule has 5 nitrogen and oxygen atoms in total. The molecule has 2 rings (SSSR count). The van der Waals surface area contributed by atoms with E-state index in [0.717, 1.165) is 18.4 Å². The van der Waals surface area contributed by atoms with E-state index in [2.05, 4.69) is 10.1 Å². The molecule has 2 aromatic rings. The summed E-state index contributed by atoms with van der Waals surface area (Å²) in [7, 11) is 0. The van der Waals surface area contributed by atoms with Crippen LogP contribution < -0.4 is 5.56 Å². The number of pyridine rings is 1. The van der Waals surface area contributed by atoms with Crippen LogP contribution in [0.5, 0.6) is 0 Å². The summed E-state index contributed by atoms with van der Waals surface area (Å²) in [6.07, 6.45) is 3.48. The van der Waals surface area contributed by atoms with E-state index in [1.807, 2.05) is 19.9 Å². The monoisotopic (exact) mass is 233 g/mol. The van der Waals surface area contributed by atoms with Crippen LogP contribution in [-0.4, -0.2) is 14.7 Å². The van der Waals surface area contributed by atoms with Crippen molar-refractivity contribution < 1.29 is 4.52 Å². The van der Waals surface area contributed by atoms with Crippen LogP contribution in [0.2, 0.25) is 0 Å². The second kappa shape index (κ2) is 4.95. The average Bonchev–Trinajstić information content (AvgIpc) is 2.71. The zero-order valence-corrected chi connectivity index (χ0v) is 10.0. The first-order chi connectivity index (χ1) is 8.19. The van der Waals surface area contributed by atoms with Gasteiger partial charge in [0, 0.05) is 18.7 Å². The molecule has 0 amide bonds. The summed E-state index contributed by atoms with van der Waals surface area (Å²) in [6.45, 7) is 4.29. The predicted octanol–water partition coefficient (Wildman–Crippen LogP) is 1.54. The van der Waals surface area contributed by atoms with Gasteiger partial charge in [-0.05, 0) is 25.0 Å². The topological polar surface area (TPSA) is 60.9 Å². The lowest BCUT2D eigenvalue weighted by Gasteiger charge is -2.01. The van der Waals surface area contributed by atoms with Gasteiger partial charge in [0.1, 0.15) is 0 Å². The molecule has 0 N–H and O–H groups in total. The fraction of sp³-hybridized carbons (Fsp3) is 0.417. The zero-order chi connectivity index (χ0) is 12.3. The van der Waals surface area contributed by atoms with Crippen LogP contribution >= 0.6 is 0 Å². The summed E-state index contributed by atoms with van der Waals surface area (Å²) >= 11 is 0. The number of aryl methyl sites for hydroxylation is 2. The van der Waals surface area contributed by atoms with E-state index < -0.39 is 0 Å². The maximum atomic E-state index is 11.7. The van der Waals surface area contributed by atoms with Gasteiger partial charge in [-0.3, -0.25) is 4.79 Å². The normalized spacial score (nSPS) is 10.7. The highest BCUT2D eigenvalue weighted by molar-refractivity contribution is 5.08. The van der Waals surface area contributed by atoms with Crippen molar-refractivity contribution in [1.29, 1.82) is 0 Å². The molecule has 0 aliphatic carbocycles. The fourth-order valence-corrected chi connectivity index (χ4v) is 1.56. The van der Waals surface area contributed by atoms with Crippen molar-refractivity contribution in [3.63, 3.8) is 0 Å². The van der Waals surface area contributed by atoms with Gasteiger partial charge in [-0.1, -0.05) is 12.1 Å². The van der Waals surface area contributed by atoms with Gasteiger partial charge >= 0.3 is 0 Å². The van der Waals surface area contributed by atoms with Crippen LogP contribution in [-0.2, 0) is 13.0 Å². The standard InChI is InChI=1S/C12H15N3O2/c1-3-4-11-13-10(14-17-11)8-15-6-5-9(2)7-12(15)16/h5-7H,3-4,8H2,1-2H3. The van der Waals surface area contributed by atoms with E-state index in [-0.39, 0.29) is 5.56 Å². The van der Waals surface area contributed by atoms with Crippen LogP contribution in [0.25, 0.3) is 0 Å². The van der Waals surface area contributed by atoms with Gasteiger partial charge in [-0.15, -0.1) is 0 Å². The van der Waals surface area contributed by atoms with E-state index in [1.54, 1.807) is 16.8 Å². The molecule has 0 radical (unpaired) electrons. The molecule has 2 heterocycles. The maximum absolute atomic E-state index is 11.7. The molecule has 0 saturated carbocycles. The Morgan fingerprint density at radius 2 is 2.29 bits per heavy atom. The molecular formula is C12H15N3O2. The number of rotatable bonds is 4. The number of hydrogen-bond donors (Lipinski definition) is 0. The predicted molar refractivity (Wildman–Crippen MR) is 62.8 cm³/mol. The second-order valence-electron chi connectivity index (χ2n) is 4.02. The van der Waals surface area contributed by atoms with Gasteiger partial charge in [-0.25, -0.2) is 0 Å². The second-order valence-corrected chi connectivity index (χ2v) is 4.02. The minimum Gasteiger partial charge on any atom is -0.339 e. The average molecular weight is 233 g/mol.